The second-order valence-electron chi connectivity index (χ2n) is 6.06. The van der Waals surface area contributed by atoms with Gasteiger partial charge in [-0.25, -0.2) is 4.39 Å². The van der Waals surface area contributed by atoms with Gasteiger partial charge in [-0.2, -0.15) is 0 Å². The van der Waals surface area contributed by atoms with E-state index in [4.69, 9.17) is 4.74 Å². The Bertz CT molecular complexity index is 562. The number of rotatable bonds is 12. The predicted octanol–water partition coefficient (Wildman–Crippen LogP) is 3.34. The monoisotopic (exact) mass is 366 g/mol. The first-order valence-corrected chi connectivity index (χ1v) is 9.45. The molecule has 0 atom stereocenters. The van der Waals surface area contributed by atoms with Gasteiger partial charge in [0.15, 0.2) is 0 Å². The Morgan fingerprint density at radius 2 is 1.65 bits per heavy atom. The molecule has 0 aliphatic carbocycles. The van der Waals surface area contributed by atoms with Crippen molar-refractivity contribution >= 4 is 11.9 Å². The molecule has 0 radical (unpaired) electrons. The van der Waals surface area contributed by atoms with E-state index in [1.807, 2.05) is 0 Å². The Labute approximate surface area is 156 Å². The van der Waals surface area contributed by atoms with E-state index in [1.54, 1.807) is 24.0 Å². The first-order chi connectivity index (χ1) is 12.5. The van der Waals surface area contributed by atoms with E-state index in [2.05, 4.69) is 18.7 Å². The standard InChI is InChI=1S/C20H31FN2O3/c1-4-22(5-2)14-9-10-15-23(16-13-19(24)26-6-3)20(25)17-11-7-8-12-18(17)21/h7-8,11-12H,4-6,9-10,13-16H2,1-3H3. The molecule has 0 spiro atoms. The number of amides is 1. The van der Waals surface area contributed by atoms with Crippen LogP contribution in [0, 0.1) is 5.82 Å². The van der Waals surface area contributed by atoms with Crippen LogP contribution in [0.25, 0.3) is 0 Å². The lowest BCUT2D eigenvalue weighted by Gasteiger charge is -2.24. The van der Waals surface area contributed by atoms with Crippen molar-refractivity contribution in [1.29, 1.82) is 0 Å². The summed E-state index contributed by atoms with van der Waals surface area (Å²) in [6.07, 6.45) is 1.87. The number of benzene rings is 1. The molecule has 146 valence electrons. The average molecular weight is 366 g/mol. The zero-order valence-corrected chi connectivity index (χ0v) is 16.2. The van der Waals surface area contributed by atoms with Crippen LogP contribution in [0.1, 0.15) is 50.4 Å². The van der Waals surface area contributed by atoms with Crippen LogP contribution in [0.2, 0.25) is 0 Å². The van der Waals surface area contributed by atoms with Crippen molar-refractivity contribution in [3.63, 3.8) is 0 Å². The van der Waals surface area contributed by atoms with E-state index < -0.39 is 5.82 Å². The first kappa shape index (κ1) is 22.1. The van der Waals surface area contributed by atoms with E-state index in [0.29, 0.717) is 13.2 Å². The smallest absolute Gasteiger partial charge is 0.307 e. The van der Waals surface area contributed by atoms with Crippen LogP contribution < -0.4 is 0 Å². The third-order valence-corrected chi connectivity index (χ3v) is 4.33. The minimum absolute atomic E-state index is 0.0418. The highest BCUT2D eigenvalue weighted by Gasteiger charge is 2.19. The summed E-state index contributed by atoms with van der Waals surface area (Å²) in [6.45, 7) is 9.98. The topological polar surface area (TPSA) is 49.9 Å². The minimum atomic E-state index is -0.540. The molecule has 0 saturated heterocycles. The summed E-state index contributed by atoms with van der Waals surface area (Å²) in [5.74, 6) is -1.26. The second-order valence-corrected chi connectivity index (χ2v) is 6.06. The van der Waals surface area contributed by atoms with Gasteiger partial charge in [-0.15, -0.1) is 0 Å². The van der Waals surface area contributed by atoms with Gasteiger partial charge >= 0.3 is 5.97 Å². The molecule has 6 heteroatoms. The molecule has 0 saturated carbocycles. The highest BCUT2D eigenvalue weighted by atomic mass is 19.1. The number of carbonyl (C=O) groups is 2. The number of unbranched alkanes of at least 4 members (excludes halogenated alkanes) is 1. The van der Waals surface area contributed by atoms with Crippen LogP contribution in [-0.4, -0.2) is 61.0 Å². The minimum Gasteiger partial charge on any atom is -0.466 e. The molecule has 1 aromatic rings. The Hall–Kier alpha value is -1.95. The maximum absolute atomic E-state index is 14.0. The van der Waals surface area contributed by atoms with Crippen molar-refractivity contribution in [2.24, 2.45) is 0 Å². The molecule has 0 bridgehead atoms. The molecular weight excluding hydrogens is 335 g/mol. The average Bonchev–Trinajstić information content (AvgIpc) is 2.64. The fourth-order valence-electron chi connectivity index (χ4n) is 2.76. The fraction of sp³-hybridized carbons (Fsp3) is 0.600. The van der Waals surface area contributed by atoms with Gasteiger partial charge in [0, 0.05) is 13.1 Å². The molecule has 0 aliphatic rings. The van der Waals surface area contributed by atoms with Crippen LogP contribution in [0.3, 0.4) is 0 Å². The fourth-order valence-corrected chi connectivity index (χ4v) is 2.76. The van der Waals surface area contributed by atoms with E-state index in [1.165, 1.54) is 12.1 Å². The zero-order chi connectivity index (χ0) is 19.4. The Morgan fingerprint density at radius 3 is 2.27 bits per heavy atom. The van der Waals surface area contributed by atoms with Gasteiger partial charge in [0.1, 0.15) is 5.82 Å². The maximum atomic E-state index is 14.0. The SMILES string of the molecule is CCOC(=O)CCN(CCCCN(CC)CC)C(=O)c1ccccc1F. The molecule has 5 nitrogen and oxygen atoms in total. The quantitative estimate of drug-likeness (QED) is 0.420. The number of carbonyl (C=O) groups excluding carboxylic acids is 2. The van der Waals surface area contributed by atoms with Crippen LogP contribution in [0.15, 0.2) is 24.3 Å². The van der Waals surface area contributed by atoms with Crippen LogP contribution in [0.4, 0.5) is 4.39 Å². The van der Waals surface area contributed by atoms with Crippen LogP contribution in [0.5, 0.6) is 0 Å². The summed E-state index contributed by atoms with van der Waals surface area (Å²) >= 11 is 0. The Kier molecular flexibility index (Phi) is 10.5. The lowest BCUT2D eigenvalue weighted by atomic mass is 10.1. The van der Waals surface area contributed by atoms with E-state index in [9.17, 15) is 14.0 Å². The molecule has 0 aliphatic heterocycles. The molecule has 1 aromatic carbocycles. The number of hydrogen-bond acceptors (Lipinski definition) is 4. The third kappa shape index (κ3) is 7.52. The van der Waals surface area contributed by atoms with E-state index in [0.717, 1.165) is 32.5 Å². The van der Waals surface area contributed by atoms with Gasteiger partial charge in [0.05, 0.1) is 18.6 Å². The van der Waals surface area contributed by atoms with Crippen molar-refractivity contribution in [2.75, 3.05) is 39.3 Å². The van der Waals surface area contributed by atoms with Crippen molar-refractivity contribution in [3.8, 4) is 0 Å². The number of hydrogen-bond donors (Lipinski definition) is 0. The predicted molar refractivity (Wildman–Crippen MR) is 101 cm³/mol. The van der Waals surface area contributed by atoms with E-state index >= 15 is 0 Å². The molecule has 0 fully saturated rings. The van der Waals surface area contributed by atoms with Gasteiger partial charge in [0.2, 0.25) is 0 Å². The zero-order valence-electron chi connectivity index (χ0n) is 16.2. The molecule has 0 unspecified atom stereocenters. The molecule has 0 N–H and O–H groups in total. The van der Waals surface area contributed by atoms with Crippen molar-refractivity contribution in [2.45, 2.75) is 40.0 Å². The Morgan fingerprint density at radius 1 is 1.00 bits per heavy atom. The molecule has 1 rings (SSSR count). The number of esters is 1. The van der Waals surface area contributed by atoms with Crippen molar-refractivity contribution in [1.82, 2.24) is 9.80 Å². The normalized spacial score (nSPS) is 10.8. The number of halogens is 1. The highest BCUT2D eigenvalue weighted by Crippen LogP contribution is 2.12. The summed E-state index contributed by atoms with van der Waals surface area (Å²) in [7, 11) is 0. The third-order valence-electron chi connectivity index (χ3n) is 4.33. The number of nitrogens with zero attached hydrogens (tertiary/aromatic N) is 2. The largest absolute Gasteiger partial charge is 0.466 e. The summed E-state index contributed by atoms with van der Waals surface area (Å²) in [6, 6.07) is 5.95. The molecule has 0 aromatic heterocycles. The number of ether oxygens (including phenoxy) is 1. The maximum Gasteiger partial charge on any atom is 0.307 e. The molecule has 1 amide bonds. The summed E-state index contributed by atoms with van der Waals surface area (Å²) < 4.78 is 18.9. The van der Waals surface area contributed by atoms with Crippen molar-refractivity contribution < 1.29 is 18.7 Å². The second kappa shape index (κ2) is 12.4. The van der Waals surface area contributed by atoms with E-state index in [-0.39, 0.29) is 30.4 Å². The first-order valence-electron chi connectivity index (χ1n) is 9.45. The lowest BCUT2D eigenvalue weighted by molar-refractivity contribution is -0.143. The molecule has 26 heavy (non-hydrogen) atoms. The highest BCUT2D eigenvalue weighted by molar-refractivity contribution is 5.94. The van der Waals surface area contributed by atoms with Gasteiger partial charge < -0.3 is 14.5 Å². The van der Waals surface area contributed by atoms with Crippen LogP contribution >= 0.6 is 0 Å². The van der Waals surface area contributed by atoms with Gasteiger partial charge in [-0.3, -0.25) is 9.59 Å². The van der Waals surface area contributed by atoms with Crippen molar-refractivity contribution in [3.05, 3.63) is 35.6 Å². The summed E-state index contributed by atoms with van der Waals surface area (Å²) in [5, 5.41) is 0. The Balaban J connectivity index is 2.67. The summed E-state index contributed by atoms with van der Waals surface area (Å²) in [5.41, 5.74) is 0.0418. The van der Waals surface area contributed by atoms with Gasteiger partial charge in [-0.05, 0) is 51.5 Å². The van der Waals surface area contributed by atoms with Gasteiger partial charge in [-0.1, -0.05) is 26.0 Å². The lowest BCUT2D eigenvalue weighted by Crippen LogP contribution is -2.35. The van der Waals surface area contributed by atoms with Gasteiger partial charge in [0.25, 0.3) is 5.91 Å². The summed E-state index contributed by atoms with van der Waals surface area (Å²) in [4.78, 5) is 28.2. The molecule has 0 heterocycles. The molecular formula is C20H31FN2O3. The van der Waals surface area contributed by atoms with Crippen LogP contribution in [-0.2, 0) is 9.53 Å².